The second kappa shape index (κ2) is 79.9. The van der Waals surface area contributed by atoms with E-state index in [1.54, 1.807) is 0 Å². The fourth-order valence-electron chi connectivity index (χ4n) is 13.3. The standard InChI is InChI=1S/C89H167NO8/c1-6-8-10-12-14-16-18-20-22-24-26-28-30-32-34-36-38-40-41-42-43-44-45-46-47-48-50-52-54-56-58-60-62-64-66-68-70-72-74-76-78-80-87(92)98-85(84-97-89(88(93)94)95-82-81-90(3,4)5)83-96-86(91)79-77-75-73-71-69-67-65-63-61-59-57-55-53-51-49-39-37-35-33-31-29-27-25-23-21-19-17-15-13-11-9-7-2/h8,10,14,16,20,22,26,28,85,89H,6-7,9,11-13,15,17-19,21,23-25,27,29-84H2,1-5H3/b10-8-,16-14-,22-20-,28-26-. The molecule has 0 spiro atoms. The van der Waals surface area contributed by atoms with Gasteiger partial charge in [-0.15, -0.1) is 0 Å². The number of likely N-dealkylation sites (N-methyl/N-ethyl adjacent to an activating group) is 1. The van der Waals surface area contributed by atoms with E-state index < -0.39 is 24.3 Å². The van der Waals surface area contributed by atoms with Gasteiger partial charge in [-0.25, -0.2) is 0 Å². The molecular weight excluding hydrogens is 1210 g/mol. The fraction of sp³-hybridized carbons (Fsp3) is 0.876. The van der Waals surface area contributed by atoms with Crippen LogP contribution in [0, 0.1) is 0 Å². The number of hydrogen-bond acceptors (Lipinski definition) is 8. The summed E-state index contributed by atoms with van der Waals surface area (Å²) in [6.45, 7) is 4.73. The average Bonchev–Trinajstić information content (AvgIpc) is 1.40. The SMILES string of the molecule is CC/C=C\C/C=C\C/C=C\C/C=C\CCCCCCCCCCCCCCCCCCCCCCCCCCCCCCC(=O)OC(COC(=O)CCCCCCCCCCCCCCCCCCCCCCCCCCCCCCCCCC)COC(OCC[N+](C)(C)C)C(=O)[O-]. The minimum atomic E-state index is -1.62. The third-order valence-corrected chi connectivity index (χ3v) is 19.8. The summed E-state index contributed by atoms with van der Waals surface area (Å²) in [7, 11) is 5.96. The number of unbranched alkanes of at least 4 members (excludes halogenated alkanes) is 59. The average molecular weight is 1380 g/mol. The van der Waals surface area contributed by atoms with Crippen LogP contribution in [0.1, 0.15) is 444 Å². The van der Waals surface area contributed by atoms with E-state index in [4.69, 9.17) is 18.9 Å². The van der Waals surface area contributed by atoms with Crippen molar-refractivity contribution in [2.45, 2.75) is 456 Å². The van der Waals surface area contributed by atoms with Gasteiger partial charge in [0.05, 0.1) is 40.3 Å². The number of rotatable bonds is 82. The van der Waals surface area contributed by atoms with Gasteiger partial charge in [0.25, 0.3) is 0 Å². The topological polar surface area (TPSA) is 111 Å². The maximum atomic E-state index is 13.0. The number of quaternary nitrogens is 1. The van der Waals surface area contributed by atoms with Gasteiger partial charge in [-0.2, -0.15) is 0 Å². The molecule has 0 aromatic heterocycles. The highest BCUT2D eigenvalue weighted by Crippen LogP contribution is 2.21. The Morgan fingerprint density at radius 1 is 0.316 bits per heavy atom. The third-order valence-electron chi connectivity index (χ3n) is 19.8. The smallest absolute Gasteiger partial charge is 0.306 e. The molecular formula is C89H167NO8. The van der Waals surface area contributed by atoms with E-state index in [2.05, 4.69) is 62.5 Å². The molecule has 0 fully saturated rings. The molecule has 0 bridgehead atoms. The maximum absolute atomic E-state index is 13.0. The summed E-state index contributed by atoms with van der Waals surface area (Å²) in [6.07, 6.45) is 103. The number of carboxylic acid groups (broad SMARTS) is 1. The first kappa shape index (κ1) is 95.2. The normalized spacial score (nSPS) is 12.8. The summed E-state index contributed by atoms with van der Waals surface area (Å²) >= 11 is 0. The molecule has 0 heterocycles. The second-order valence-electron chi connectivity index (χ2n) is 30.8. The zero-order chi connectivity index (χ0) is 71.1. The van der Waals surface area contributed by atoms with Crippen molar-refractivity contribution in [3.8, 4) is 0 Å². The van der Waals surface area contributed by atoms with Crippen molar-refractivity contribution in [2.24, 2.45) is 0 Å². The molecule has 0 saturated heterocycles. The lowest BCUT2D eigenvalue weighted by molar-refractivity contribution is -0.870. The van der Waals surface area contributed by atoms with Crippen LogP contribution < -0.4 is 5.11 Å². The summed E-state index contributed by atoms with van der Waals surface area (Å²) in [6, 6.07) is 0. The van der Waals surface area contributed by atoms with Crippen molar-refractivity contribution in [1.82, 2.24) is 0 Å². The zero-order valence-electron chi connectivity index (χ0n) is 66.2. The molecule has 0 aromatic rings. The molecule has 0 aliphatic rings. The summed E-state index contributed by atoms with van der Waals surface area (Å²) < 4.78 is 22.9. The van der Waals surface area contributed by atoms with E-state index in [1.165, 1.54) is 353 Å². The molecule has 0 aromatic carbocycles. The van der Waals surface area contributed by atoms with Crippen molar-refractivity contribution in [3.63, 3.8) is 0 Å². The van der Waals surface area contributed by atoms with Gasteiger partial charge in [-0.1, -0.05) is 428 Å². The maximum Gasteiger partial charge on any atom is 0.306 e. The molecule has 98 heavy (non-hydrogen) atoms. The summed E-state index contributed by atoms with van der Waals surface area (Å²) in [5.41, 5.74) is 0. The van der Waals surface area contributed by atoms with E-state index in [1.807, 2.05) is 21.1 Å². The molecule has 2 atom stereocenters. The Morgan fingerprint density at radius 2 is 0.582 bits per heavy atom. The minimum absolute atomic E-state index is 0.152. The van der Waals surface area contributed by atoms with E-state index >= 15 is 0 Å². The van der Waals surface area contributed by atoms with Gasteiger partial charge >= 0.3 is 11.9 Å². The van der Waals surface area contributed by atoms with E-state index in [-0.39, 0.29) is 32.2 Å². The third kappa shape index (κ3) is 80.6. The molecule has 576 valence electrons. The Labute approximate surface area is 610 Å². The lowest BCUT2D eigenvalue weighted by Gasteiger charge is -2.26. The van der Waals surface area contributed by atoms with Crippen LogP contribution in [0.5, 0.6) is 0 Å². The quantitative estimate of drug-likeness (QED) is 0.0195. The fourth-order valence-corrected chi connectivity index (χ4v) is 13.3. The van der Waals surface area contributed by atoms with Gasteiger partial charge in [-0.3, -0.25) is 9.59 Å². The summed E-state index contributed by atoms with van der Waals surface area (Å²) in [4.78, 5) is 37.7. The highest BCUT2D eigenvalue weighted by molar-refractivity contribution is 5.70. The van der Waals surface area contributed by atoms with Crippen LogP contribution in [0.15, 0.2) is 48.6 Å². The van der Waals surface area contributed by atoms with Crippen LogP contribution in [0.3, 0.4) is 0 Å². The molecule has 9 heteroatoms. The molecule has 0 amide bonds. The Morgan fingerprint density at radius 3 is 0.867 bits per heavy atom. The number of hydrogen-bond donors (Lipinski definition) is 0. The minimum Gasteiger partial charge on any atom is -0.545 e. The number of esters is 2. The number of ether oxygens (including phenoxy) is 4. The molecule has 0 radical (unpaired) electrons. The Hall–Kier alpha value is -2.75. The lowest BCUT2D eigenvalue weighted by atomic mass is 10.0. The van der Waals surface area contributed by atoms with Gasteiger partial charge in [0.1, 0.15) is 13.2 Å². The first-order valence-electron chi connectivity index (χ1n) is 43.3. The van der Waals surface area contributed by atoms with Gasteiger partial charge in [-0.05, 0) is 51.4 Å². The van der Waals surface area contributed by atoms with Crippen molar-refractivity contribution in [1.29, 1.82) is 0 Å². The van der Waals surface area contributed by atoms with Crippen molar-refractivity contribution in [3.05, 3.63) is 48.6 Å². The first-order valence-corrected chi connectivity index (χ1v) is 43.3. The monoisotopic (exact) mass is 1380 g/mol. The van der Waals surface area contributed by atoms with Crippen molar-refractivity contribution >= 4 is 17.9 Å². The van der Waals surface area contributed by atoms with Crippen molar-refractivity contribution < 1.29 is 42.9 Å². The number of nitrogens with zero attached hydrogens (tertiary/aromatic N) is 1. The highest BCUT2D eigenvalue weighted by Gasteiger charge is 2.22. The van der Waals surface area contributed by atoms with Gasteiger partial charge in [0.15, 0.2) is 12.4 Å². The molecule has 9 nitrogen and oxygen atoms in total. The van der Waals surface area contributed by atoms with Crippen LogP contribution in [0.4, 0.5) is 0 Å². The van der Waals surface area contributed by atoms with E-state index in [9.17, 15) is 19.5 Å². The van der Waals surface area contributed by atoms with Crippen LogP contribution in [0.25, 0.3) is 0 Å². The van der Waals surface area contributed by atoms with Gasteiger partial charge < -0.3 is 33.3 Å². The number of carboxylic acids is 1. The largest absolute Gasteiger partial charge is 0.545 e. The van der Waals surface area contributed by atoms with Crippen molar-refractivity contribution in [2.75, 3.05) is 47.5 Å². The molecule has 0 saturated carbocycles. The van der Waals surface area contributed by atoms with Crippen LogP contribution in [0.2, 0.25) is 0 Å². The van der Waals surface area contributed by atoms with E-state index in [0.29, 0.717) is 17.4 Å². The Kier molecular flexibility index (Phi) is 77.7. The Bertz CT molecular complexity index is 1750. The first-order chi connectivity index (χ1) is 48.1. The van der Waals surface area contributed by atoms with Crippen LogP contribution in [-0.4, -0.2) is 82.3 Å². The number of allylic oxidation sites excluding steroid dienone is 8. The molecule has 0 N–H and O–H groups in total. The lowest BCUT2D eigenvalue weighted by Crippen LogP contribution is -2.44. The predicted molar refractivity (Wildman–Crippen MR) is 422 cm³/mol. The van der Waals surface area contributed by atoms with Crippen LogP contribution >= 0.6 is 0 Å². The molecule has 0 aliphatic heterocycles. The molecule has 0 aliphatic carbocycles. The zero-order valence-corrected chi connectivity index (χ0v) is 66.2. The number of carbonyl (C=O) groups excluding carboxylic acids is 3. The summed E-state index contributed by atoms with van der Waals surface area (Å²) in [5, 5.41) is 11.9. The second-order valence-corrected chi connectivity index (χ2v) is 30.8. The van der Waals surface area contributed by atoms with Gasteiger partial charge in [0, 0.05) is 12.8 Å². The molecule has 2 unspecified atom stereocenters. The van der Waals surface area contributed by atoms with E-state index in [0.717, 1.165) is 64.2 Å². The van der Waals surface area contributed by atoms with Crippen LogP contribution in [-0.2, 0) is 33.3 Å². The predicted octanol–water partition coefficient (Wildman–Crippen LogP) is 26.7. The highest BCUT2D eigenvalue weighted by atomic mass is 16.7. The Balaban J connectivity index is 3.90. The van der Waals surface area contributed by atoms with Gasteiger partial charge in [0.2, 0.25) is 0 Å². The summed E-state index contributed by atoms with van der Waals surface area (Å²) in [5.74, 6) is -2.24. The number of carbonyl (C=O) groups is 3. The molecule has 0 rings (SSSR count). The number of aliphatic carboxylic acids is 1.